The summed E-state index contributed by atoms with van der Waals surface area (Å²) >= 11 is 0. The molecule has 0 radical (unpaired) electrons. The van der Waals surface area contributed by atoms with Crippen LogP contribution >= 0.6 is 0 Å². The Balaban J connectivity index is 3.83. The van der Waals surface area contributed by atoms with Gasteiger partial charge in [-0.3, -0.25) is 0 Å². The first-order chi connectivity index (χ1) is 6.29. The summed E-state index contributed by atoms with van der Waals surface area (Å²) in [4.78, 5) is 0. The highest BCUT2D eigenvalue weighted by Gasteiger charge is 2.37. The third-order valence-electron chi connectivity index (χ3n) is 2.51. The Hall–Kier alpha value is -0.290. The van der Waals surface area contributed by atoms with E-state index in [0.29, 0.717) is 5.92 Å². The number of rotatable bonds is 5. The van der Waals surface area contributed by atoms with Crippen molar-refractivity contribution in [3.63, 3.8) is 0 Å². The van der Waals surface area contributed by atoms with Crippen LogP contribution in [0, 0.1) is 5.92 Å². The summed E-state index contributed by atoms with van der Waals surface area (Å²) in [6, 6.07) is -0.0167. The van der Waals surface area contributed by atoms with Crippen LogP contribution in [0.15, 0.2) is 0 Å². The molecule has 0 bridgehead atoms. The molecule has 0 saturated carbocycles. The molecule has 0 aliphatic rings. The van der Waals surface area contributed by atoms with E-state index in [1.807, 2.05) is 20.8 Å². The van der Waals surface area contributed by atoms with Gasteiger partial charge in [-0.05, 0) is 12.8 Å². The normalized spacial score (nSPS) is 19.1. The molecule has 2 N–H and O–H groups in total. The Morgan fingerprint density at radius 2 is 1.79 bits per heavy atom. The van der Waals surface area contributed by atoms with Crippen LogP contribution in [0.4, 0.5) is 13.2 Å². The van der Waals surface area contributed by atoms with Crippen molar-refractivity contribution >= 4 is 0 Å². The topological polar surface area (TPSA) is 32.3 Å². The second-order valence-corrected chi connectivity index (χ2v) is 3.64. The minimum atomic E-state index is -4.53. The Labute approximate surface area is 82.5 Å². The number of hydrogen-bond donors (Lipinski definition) is 2. The fourth-order valence-corrected chi connectivity index (χ4v) is 0.968. The van der Waals surface area contributed by atoms with E-state index in [9.17, 15) is 13.2 Å². The smallest absolute Gasteiger partial charge is 0.382 e. The lowest BCUT2D eigenvalue weighted by atomic mass is 10.0. The Morgan fingerprint density at radius 1 is 1.29 bits per heavy atom. The van der Waals surface area contributed by atoms with Crippen LogP contribution in [0.5, 0.6) is 0 Å². The zero-order valence-corrected chi connectivity index (χ0v) is 8.73. The van der Waals surface area contributed by atoms with E-state index in [-0.39, 0.29) is 6.04 Å². The van der Waals surface area contributed by atoms with E-state index in [2.05, 4.69) is 5.32 Å². The first kappa shape index (κ1) is 13.7. The van der Waals surface area contributed by atoms with Crippen molar-refractivity contribution in [1.82, 2.24) is 5.32 Å². The summed E-state index contributed by atoms with van der Waals surface area (Å²) in [6.07, 6.45) is -5.90. The largest absolute Gasteiger partial charge is 0.415 e. The molecule has 14 heavy (non-hydrogen) atoms. The van der Waals surface area contributed by atoms with Crippen LogP contribution in [0.2, 0.25) is 0 Å². The fraction of sp³-hybridized carbons (Fsp3) is 1.00. The molecule has 3 atom stereocenters. The van der Waals surface area contributed by atoms with E-state index in [1.54, 1.807) is 0 Å². The Morgan fingerprint density at radius 3 is 2.14 bits per heavy atom. The quantitative estimate of drug-likeness (QED) is 0.731. The molecule has 0 rings (SSSR count). The minimum absolute atomic E-state index is 0.0167. The van der Waals surface area contributed by atoms with Crippen molar-refractivity contribution in [3.05, 3.63) is 0 Å². The maximum atomic E-state index is 11.9. The van der Waals surface area contributed by atoms with E-state index in [4.69, 9.17) is 5.11 Å². The second-order valence-electron chi connectivity index (χ2n) is 3.64. The maximum Gasteiger partial charge on any atom is 0.415 e. The number of hydrogen-bond acceptors (Lipinski definition) is 2. The third-order valence-corrected chi connectivity index (χ3v) is 2.51. The molecule has 0 aromatic rings. The predicted molar refractivity (Wildman–Crippen MR) is 49.0 cm³/mol. The molecule has 0 aliphatic carbocycles. The highest BCUT2D eigenvalue weighted by molar-refractivity contribution is 4.73. The number of nitrogens with one attached hydrogen (secondary N) is 1. The van der Waals surface area contributed by atoms with Gasteiger partial charge in [0.2, 0.25) is 0 Å². The maximum absolute atomic E-state index is 11.9. The predicted octanol–water partition coefficient (Wildman–Crippen LogP) is 1.93. The van der Waals surface area contributed by atoms with Crippen molar-refractivity contribution in [2.24, 2.45) is 5.92 Å². The second kappa shape index (κ2) is 5.56. The molecule has 0 aromatic heterocycles. The summed E-state index contributed by atoms with van der Waals surface area (Å²) in [5.74, 6) is 0.301. The average Bonchev–Trinajstić information content (AvgIpc) is 2.10. The third kappa shape index (κ3) is 4.81. The summed E-state index contributed by atoms with van der Waals surface area (Å²) < 4.78 is 35.7. The van der Waals surface area contributed by atoms with Gasteiger partial charge in [-0.2, -0.15) is 13.2 Å². The van der Waals surface area contributed by atoms with Gasteiger partial charge < -0.3 is 10.4 Å². The molecule has 0 spiro atoms. The molecular weight excluding hydrogens is 195 g/mol. The van der Waals surface area contributed by atoms with Crippen LogP contribution in [-0.4, -0.2) is 30.0 Å². The van der Waals surface area contributed by atoms with Crippen LogP contribution < -0.4 is 5.32 Å². The standard InChI is InChI=1S/C9H18F3NO/c1-4-6(2)7(3)13-5-8(14)9(10,11)12/h6-8,13-14H,4-5H2,1-3H3. The van der Waals surface area contributed by atoms with E-state index in [0.717, 1.165) is 6.42 Å². The SMILES string of the molecule is CCC(C)C(C)NCC(O)C(F)(F)F. The number of halogens is 3. The molecule has 0 aromatic carbocycles. The molecule has 0 fully saturated rings. The zero-order valence-electron chi connectivity index (χ0n) is 8.73. The number of alkyl halides is 3. The van der Waals surface area contributed by atoms with Crippen molar-refractivity contribution in [1.29, 1.82) is 0 Å². The number of aliphatic hydroxyl groups excluding tert-OH is 1. The lowest BCUT2D eigenvalue weighted by molar-refractivity contribution is -0.202. The van der Waals surface area contributed by atoms with Gasteiger partial charge in [0.05, 0.1) is 0 Å². The van der Waals surface area contributed by atoms with Gasteiger partial charge in [0.1, 0.15) is 0 Å². The minimum Gasteiger partial charge on any atom is -0.382 e. The van der Waals surface area contributed by atoms with Crippen molar-refractivity contribution in [2.75, 3.05) is 6.54 Å². The van der Waals surface area contributed by atoms with E-state index < -0.39 is 18.8 Å². The lowest BCUT2D eigenvalue weighted by Crippen LogP contribution is -2.43. The monoisotopic (exact) mass is 213 g/mol. The first-order valence-electron chi connectivity index (χ1n) is 4.77. The fourth-order valence-electron chi connectivity index (χ4n) is 0.968. The Bertz CT molecular complexity index is 161. The molecule has 3 unspecified atom stereocenters. The summed E-state index contributed by atoms with van der Waals surface area (Å²) in [6.45, 7) is 5.31. The zero-order chi connectivity index (χ0) is 11.4. The van der Waals surface area contributed by atoms with Crippen molar-refractivity contribution in [2.45, 2.75) is 45.5 Å². The molecule has 5 heteroatoms. The van der Waals surface area contributed by atoms with E-state index >= 15 is 0 Å². The highest BCUT2D eigenvalue weighted by Crippen LogP contribution is 2.19. The van der Waals surface area contributed by atoms with Crippen LogP contribution in [0.1, 0.15) is 27.2 Å². The van der Waals surface area contributed by atoms with E-state index in [1.165, 1.54) is 0 Å². The summed E-state index contributed by atoms with van der Waals surface area (Å²) in [7, 11) is 0. The average molecular weight is 213 g/mol. The van der Waals surface area contributed by atoms with Crippen molar-refractivity contribution in [3.8, 4) is 0 Å². The summed E-state index contributed by atoms with van der Waals surface area (Å²) in [5, 5.41) is 11.4. The molecule has 0 amide bonds. The summed E-state index contributed by atoms with van der Waals surface area (Å²) in [5.41, 5.74) is 0. The van der Waals surface area contributed by atoms with Crippen molar-refractivity contribution < 1.29 is 18.3 Å². The van der Waals surface area contributed by atoms with Gasteiger partial charge in [-0.15, -0.1) is 0 Å². The van der Waals surface area contributed by atoms with Crippen LogP contribution in [0.3, 0.4) is 0 Å². The molecule has 0 saturated heterocycles. The van der Waals surface area contributed by atoms with Gasteiger partial charge in [0.25, 0.3) is 0 Å². The van der Waals surface area contributed by atoms with Crippen LogP contribution in [0.25, 0.3) is 0 Å². The van der Waals surface area contributed by atoms with Gasteiger partial charge in [0.15, 0.2) is 6.10 Å². The Kier molecular flexibility index (Phi) is 5.44. The molecule has 0 aliphatic heterocycles. The number of aliphatic hydroxyl groups is 1. The van der Waals surface area contributed by atoms with Gasteiger partial charge >= 0.3 is 6.18 Å². The van der Waals surface area contributed by atoms with Crippen LogP contribution in [-0.2, 0) is 0 Å². The molecular formula is C9H18F3NO. The first-order valence-corrected chi connectivity index (χ1v) is 4.77. The molecule has 0 heterocycles. The van der Waals surface area contributed by atoms with Gasteiger partial charge in [-0.1, -0.05) is 20.3 Å². The molecule has 86 valence electrons. The highest BCUT2D eigenvalue weighted by atomic mass is 19.4. The van der Waals surface area contributed by atoms with Gasteiger partial charge in [-0.25, -0.2) is 0 Å². The molecule has 2 nitrogen and oxygen atoms in total. The lowest BCUT2D eigenvalue weighted by Gasteiger charge is -2.22. The van der Waals surface area contributed by atoms with Gasteiger partial charge in [0, 0.05) is 12.6 Å².